The van der Waals surface area contributed by atoms with Crippen LogP contribution in [0, 0.1) is 0 Å². The Hall–Kier alpha value is -1.75. The molecular weight excluding hydrogens is 383 g/mol. The van der Waals surface area contributed by atoms with E-state index in [1.54, 1.807) is 30.3 Å². The zero-order valence-corrected chi connectivity index (χ0v) is 17.6. The number of carbonyl (C=O) groups is 1. The van der Waals surface area contributed by atoms with Crippen LogP contribution in [0.2, 0.25) is 10.0 Å². The van der Waals surface area contributed by atoms with Crippen LogP contribution in [0.5, 0.6) is 0 Å². The first-order valence-electron chi connectivity index (χ1n) is 9.04. The molecule has 0 heterocycles. The quantitative estimate of drug-likeness (QED) is 0.542. The Morgan fingerprint density at radius 3 is 2.30 bits per heavy atom. The Kier molecular flexibility index (Phi) is 7.96. The molecule has 4 nitrogen and oxygen atoms in total. The van der Waals surface area contributed by atoms with Crippen molar-refractivity contribution in [3.05, 3.63) is 58.1 Å². The summed E-state index contributed by atoms with van der Waals surface area (Å²) >= 11 is 12.3. The number of halogens is 2. The van der Waals surface area contributed by atoms with Crippen molar-refractivity contribution in [2.45, 2.75) is 39.8 Å². The molecule has 0 saturated carbocycles. The molecule has 2 aromatic carbocycles. The average Bonchev–Trinajstić information content (AvgIpc) is 2.62. The Balaban J connectivity index is 2.08. The van der Waals surface area contributed by atoms with Gasteiger partial charge in [0.2, 0.25) is 0 Å². The lowest BCUT2D eigenvalue weighted by atomic mass is 10.1. The largest absolute Gasteiger partial charge is 0.461 e. The average molecular weight is 409 g/mol. The Bertz CT molecular complexity index is 771. The number of anilines is 2. The van der Waals surface area contributed by atoms with Crippen molar-refractivity contribution < 1.29 is 9.53 Å². The van der Waals surface area contributed by atoms with Gasteiger partial charge in [-0.25, -0.2) is 4.79 Å². The normalized spacial score (nSPS) is 11.3. The maximum Gasteiger partial charge on any atom is 0.340 e. The van der Waals surface area contributed by atoms with E-state index in [2.05, 4.69) is 37.9 Å². The van der Waals surface area contributed by atoms with Crippen molar-refractivity contribution in [3.8, 4) is 0 Å². The molecule has 0 atom stereocenters. The van der Waals surface area contributed by atoms with Gasteiger partial charge in [-0.05, 0) is 52.0 Å². The first kappa shape index (κ1) is 21.5. The molecule has 0 aliphatic rings. The summed E-state index contributed by atoms with van der Waals surface area (Å²) in [5.41, 5.74) is 1.71. The van der Waals surface area contributed by atoms with E-state index in [1.807, 2.05) is 12.1 Å². The van der Waals surface area contributed by atoms with E-state index < -0.39 is 0 Å². The number of esters is 1. The molecular formula is C21H26Cl2N2O2. The summed E-state index contributed by atoms with van der Waals surface area (Å²) in [7, 11) is 0. The first-order valence-corrected chi connectivity index (χ1v) is 9.79. The summed E-state index contributed by atoms with van der Waals surface area (Å²) in [6.07, 6.45) is 0. The van der Waals surface area contributed by atoms with Crippen LogP contribution in [-0.4, -0.2) is 36.1 Å². The molecule has 27 heavy (non-hydrogen) atoms. The van der Waals surface area contributed by atoms with Crippen molar-refractivity contribution in [1.82, 2.24) is 4.90 Å². The van der Waals surface area contributed by atoms with Gasteiger partial charge in [-0.2, -0.15) is 0 Å². The lowest BCUT2D eigenvalue weighted by Crippen LogP contribution is -2.39. The molecule has 1 N–H and O–H groups in total. The fraction of sp³-hybridized carbons (Fsp3) is 0.381. The van der Waals surface area contributed by atoms with E-state index in [-0.39, 0.29) is 5.97 Å². The Morgan fingerprint density at radius 2 is 1.63 bits per heavy atom. The third-order valence-corrected chi connectivity index (χ3v) is 5.10. The molecule has 0 radical (unpaired) electrons. The maximum atomic E-state index is 12.6. The Morgan fingerprint density at radius 1 is 1.00 bits per heavy atom. The van der Waals surface area contributed by atoms with Gasteiger partial charge in [0.15, 0.2) is 0 Å². The highest BCUT2D eigenvalue weighted by Gasteiger charge is 2.17. The molecule has 0 aliphatic carbocycles. The van der Waals surface area contributed by atoms with E-state index in [1.165, 1.54) is 0 Å². The van der Waals surface area contributed by atoms with E-state index in [9.17, 15) is 4.79 Å². The summed E-state index contributed by atoms with van der Waals surface area (Å²) < 4.78 is 5.51. The third kappa shape index (κ3) is 5.86. The molecule has 0 spiro atoms. The number of ether oxygens (including phenoxy) is 1. The van der Waals surface area contributed by atoms with E-state index >= 15 is 0 Å². The van der Waals surface area contributed by atoms with Gasteiger partial charge >= 0.3 is 5.97 Å². The summed E-state index contributed by atoms with van der Waals surface area (Å²) in [5, 5.41) is 4.03. The van der Waals surface area contributed by atoms with E-state index in [0.717, 1.165) is 0 Å². The number of carbonyl (C=O) groups excluding carboxylic acids is 1. The molecule has 0 fully saturated rings. The van der Waals surface area contributed by atoms with Crippen LogP contribution in [-0.2, 0) is 4.74 Å². The van der Waals surface area contributed by atoms with E-state index in [0.29, 0.717) is 52.2 Å². The topological polar surface area (TPSA) is 41.6 Å². The molecule has 0 saturated heterocycles. The summed E-state index contributed by atoms with van der Waals surface area (Å²) in [4.78, 5) is 14.9. The van der Waals surface area contributed by atoms with Gasteiger partial charge in [-0.1, -0.05) is 41.4 Å². The number of rotatable bonds is 8. The second kappa shape index (κ2) is 9.98. The molecule has 0 aliphatic heterocycles. The lowest BCUT2D eigenvalue weighted by molar-refractivity contribution is 0.0418. The highest BCUT2D eigenvalue weighted by atomic mass is 35.5. The minimum absolute atomic E-state index is 0.335. The van der Waals surface area contributed by atoms with Crippen molar-refractivity contribution in [1.29, 1.82) is 0 Å². The highest BCUT2D eigenvalue weighted by molar-refractivity contribution is 6.43. The van der Waals surface area contributed by atoms with Crippen molar-refractivity contribution in [3.63, 3.8) is 0 Å². The predicted octanol–water partition coefficient (Wildman–Crippen LogP) is 6.01. The fourth-order valence-electron chi connectivity index (χ4n) is 2.95. The molecule has 0 aromatic heterocycles. The Labute approximate surface area is 171 Å². The number of nitrogens with zero attached hydrogens (tertiary/aromatic N) is 1. The SMILES string of the molecule is CC(C)N(CCOC(=O)c1ccccc1Nc1cccc(Cl)c1Cl)C(C)C. The monoisotopic (exact) mass is 408 g/mol. The van der Waals surface area contributed by atoms with Crippen LogP contribution in [0.1, 0.15) is 38.1 Å². The minimum Gasteiger partial charge on any atom is -0.461 e. The van der Waals surface area contributed by atoms with Crippen LogP contribution in [0.4, 0.5) is 11.4 Å². The van der Waals surface area contributed by atoms with Crippen molar-refractivity contribution in [2.75, 3.05) is 18.5 Å². The molecule has 2 rings (SSSR count). The van der Waals surface area contributed by atoms with Crippen molar-refractivity contribution in [2.24, 2.45) is 0 Å². The number of nitrogens with one attached hydrogen (secondary N) is 1. The van der Waals surface area contributed by atoms with Crippen LogP contribution in [0.15, 0.2) is 42.5 Å². The van der Waals surface area contributed by atoms with Gasteiger partial charge in [0.25, 0.3) is 0 Å². The molecule has 146 valence electrons. The number of hydrogen-bond donors (Lipinski definition) is 1. The van der Waals surface area contributed by atoms with Crippen LogP contribution >= 0.6 is 23.2 Å². The van der Waals surface area contributed by atoms with E-state index in [4.69, 9.17) is 27.9 Å². The third-order valence-electron chi connectivity index (χ3n) is 4.28. The second-order valence-electron chi connectivity index (χ2n) is 6.83. The number of benzene rings is 2. The zero-order chi connectivity index (χ0) is 20.0. The standard InChI is InChI=1S/C21H26Cl2N2O2/c1-14(2)25(15(3)4)12-13-27-21(26)16-8-5-6-10-18(16)24-19-11-7-9-17(22)20(19)23/h5-11,14-15,24H,12-13H2,1-4H3. The predicted molar refractivity (Wildman–Crippen MR) is 113 cm³/mol. The van der Waals surface area contributed by atoms with Gasteiger partial charge < -0.3 is 10.1 Å². The smallest absolute Gasteiger partial charge is 0.340 e. The minimum atomic E-state index is -0.372. The molecule has 0 amide bonds. The highest BCUT2D eigenvalue weighted by Crippen LogP contribution is 2.32. The van der Waals surface area contributed by atoms with Gasteiger partial charge in [0.1, 0.15) is 6.61 Å². The second-order valence-corrected chi connectivity index (χ2v) is 7.62. The van der Waals surface area contributed by atoms with Crippen LogP contribution in [0.25, 0.3) is 0 Å². The molecule has 2 aromatic rings. The molecule has 6 heteroatoms. The molecule has 0 bridgehead atoms. The van der Waals surface area contributed by atoms with Crippen LogP contribution < -0.4 is 5.32 Å². The fourth-order valence-corrected chi connectivity index (χ4v) is 3.30. The zero-order valence-electron chi connectivity index (χ0n) is 16.1. The number of para-hydroxylation sites is 1. The maximum absolute atomic E-state index is 12.6. The summed E-state index contributed by atoms with van der Waals surface area (Å²) in [6, 6.07) is 13.3. The first-order chi connectivity index (χ1) is 12.8. The summed E-state index contributed by atoms with van der Waals surface area (Å²) in [5.74, 6) is -0.372. The van der Waals surface area contributed by atoms with Gasteiger partial charge in [-0.15, -0.1) is 0 Å². The molecule has 0 unspecified atom stereocenters. The van der Waals surface area contributed by atoms with Crippen molar-refractivity contribution >= 4 is 40.5 Å². The van der Waals surface area contributed by atoms with Gasteiger partial charge in [-0.3, -0.25) is 4.90 Å². The van der Waals surface area contributed by atoms with Gasteiger partial charge in [0, 0.05) is 18.6 Å². The lowest BCUT2D eigenvalue weighted by Gasteiger charge is -2.30. The van der Waals surface area contributed by atoms with Crippen LogP contribution in [0.3, 0.4) is 0 Å². The van der Waals surface area contributed by atoms with Gasteiger partial charge in [0.05, 0.1) is 27.0 Å². The summed E-state index contributed by atoms with van der Waals surface area (Å²) in [6.45, 7) is 9.56. The number of hydrogen-bond acceptors (Lipinski definition) is 4.